The van der Waals surface area contributed by atoms with Gasteiger partial charge in [0.2, 0.25) is 0 Å². The number of rotatable bonds is 2. The molecule has 2 N–H and O–H groups in total. The van der Waals surface area contributed by atoms with Gasteiger partial charge in [-0.3, -0.25) is 0 Å². The Hall–Kier alpha value is -0.870. The van der Waals surface area contributed by atoms with E-state index in [9.17, 15) is 0 Å². The third kappa shape index (κ3) is 2.69. The number of amidine groups is 1. The van der Waals surface area contributed by atoms with E-state index in [-0.39, 0.29) is 0 Å². The summed E-state index contributed by atoms with van der Waals surface area (Å²) in [6.07, 6.45) is 1.77. The topological polar surface area (TPSA) is 50.7 Å². The Morgan fingerprint density at radius 1 is 1.47 bits per heavy atom. The molecule has 1 aromatic carbocycles. The summed E-state index contributed by atoms with van der Waals surface area (Å²) >= 11 is 9.40. The molecule has 0 amide bonds. The van der Waals surface area contributed by atoms with Crippen LogP contribution in [0, 0.1) is 5.92 Å². The quantitative estimate of drug-likeness (QED) is 0.891. The molecule has 90 valence electrons. The van der Waals surface area contributed by atoms with Crippen molar-refractivity contribution in [2.24, 2.45) is 21.9 Å². The highest BCUT2D eigenvalue weighted by Gasteiger charge is 2.21. The SMILES string of the molecule is CCC1CC(N)=NN=C1c1ccc(Cl)c(Br)c1. The van der Waals surface area contributed by atoms with Gasteiger partial charge in [0.1, 0.15) is 5.84 Å². The molecule has 17 heavy (non-hydrogen) atoms. The lowest BCUT2D eigenvalue weighted by Gasteiger charge is -2.20. The zero-order valence-electron chi connectivity index (χ0n) is 9.45. The summed E-state index contributed by atoms with van der Waals surface area (Å²) in [6.45, 7) is 2.13. The minimum absolute atomic E-state index is 0.334. The van der Waals surface area contributed by atoms with Crippen LogP contribution in [0.1, 0.15) is 25.3 Å². The molecular formula is C12H13BrClN3. The first-order chi connectivity index (χ1) is 8.11. The Labute approximate surface area is 114 Å². The first-order valence-corrected chi connectivity index (χ1v) is 6.64. The molecule has 2 rings (SSSR count). The predicted octanol–water partition coefficient (Wildman–Crippen LogP) is 3.59. The van der Waals surface area contributed by atoms with Gasteiger partial charge in [-0.2, -0.15) is 5.10 Å². The van der Waals surface area contributed by atoms with Crippen molar-refractivity contribution >= 4 is 39.1 Å². The second-order valence-electron chi connectivity index (χ2n) is 4.01. The summed E-state index contributed by atoms with van der Waals surface area (Å²) in [5.41, 5.74) is 7.74. The van der Waals surface area contributed by atoms with Crippen LogP contribution < -0.4 is 5.73 Å². The van der Waals surface area contributed by atoms with Crippen molar-refractivity contribution in [1.82, 2.24) is 0 Å². The number of hydrogen-bond acceptors (Lipinski definition) is 3. The molecule has 0 spiro atoms. The maximum absolute atomic E-state index is 5.98. The average Bonchev–Trinajstić information content (AvgIpc) is 2.32. The van der Waals surface area contributed by atoms with Crippen LogP contribution in [0.2, 0.25) is 5.02 Å². The number of nitrogens with two attached hydrogens (primary N) is 1. The van der Waals surface area contributed by atoms with Crippen LogP contribution in [-0.4, -0.2) is 11.5 Å². The third-order valence-electron chi connectivity index (χ3n) is 2.84. The minimum Gasteiger partial charge on any atom is -0.386 e. The summed E-state index contributed by atoms with van der Waals surface area (Å²) in [5, 5.41) is 8.89. The number of benzene rings is 1. The summed E-state index contributed by atoms with van der Waals surface area (Å²) in [4.78, 5) is 0. The van der Waals surface area contributed by atoms with Crippen molar-refractivity contribution in [2.45, 2.75) is 19.8 Å². The van der Waals surface area contributed by atoms with E-state index in [2.05, 4.69) is 33.1 Å². The number of halogens is 2. The van der Waals surface area contributed by atoms with Crippen LogP contribution in [0.3, 0.4) is 0 Å². The molecule has 1 heterocycles. The molecular weight excluding hydrogens is 302 g/mol. The van der Waals surface area contributed by atoms with Gasteiger partial charge >= 0.3 is 0 Å². The van der Waals surface area contributed by atoms with Crippen LogP contribution in [0.15, 0.2) is 32.9 Å². The molecule has 0 saturated carbocycles. The van der Waals surface area contributed by atoms with E-state index < -0.39 is 0 Å². The fourth-order valence-corrected chi connectivity index (χ4v) is 2.37. The van der Waals surface area contributed by atoms with Gasteiger partial charge in [-0.1, -0.05) is 24.6 Å². The number of hydrogen-bond donors (Lipinski definition) is 1. The highest BCUT2D eigenvalue weighted by Crippen LogP contribution is 2.27. The van der Waals surface area contributed by atoms with Crippen LogP contribution in [0.4, 0.5) is 0 Å². The standard InChI is InChI=1S/C12H13BrClN3/c1-2-7-6-11(15)16-17-12(7)8-3-4-10(14)9(13)5-8/h3-5,7H,2,6H2,1H3,(H2,15,16). The van der Waals surface area contributed by atoms with Crippen molar-refractivity contribution in [2.75, 3.05) is 0 Å². The molecule has 1 aromatic rings. The Morgan fingerprint density at radius 3 is 2.88 bits per heavy atom. The molecule has 0 bridgehead atoms. The van der Waals surface area contributed by atoms with Crippen LogP contribution in [-0.2, 0) is 0 Å². The van der Waals surface area contributed by atoms with Crippen molar-refractivity contribution in [3.05, 3.63) is 33.3 Å². The lowest BCUT2D eigenvalue weighted by atomic mass is 9.90. The van der Waals surface area contributed by atoms with Crippen molar-refractivity contribution in [1.29, 1.82) is 0 Å². The van der Waals surface area contributed by atoms with E-state index in [0.717, 1.165) is 28.6 Å². The van der Waals surface area contributed by atoms with E-state index in [4.69, 9.17) is 17.3 Å². The maximum Gasteiger partial charge on any atom is 0.123 e. The van der Waals surface area contributed by atoms with Crippen LogP contribution in [0.5, 0.6) is 0 Å². The first kappa shape index (κ1) is 12.6. The Morgan fingerprint density at radius 2 is 2.24 bits per heavy atom. The van der Waals surface area contributed by atoms with Gasteiger partial charge in [-0.15, -0.1) is 5.10 Å². The van der Waals surface area contributed by atoms with Crippen molar-refractivity contribution in [3.63, 3.8) is 0 Å². The molecule has 3 nitrogen and oxygen atoms in total. The molecule has 1 atom stereocenters. The highest BCUT2D eigenvalue weighted by atomic mass is 79.9. The summed E-state index contributed by atoms with van der Waals surface area (Å²) in [7, 11) is 0. The zero-order valence-corrected chi connectivity index (χ0v) is 11.8. The van der Waals surface area contributed by atoms with Crippen molar-refractivity contribution in [3.8, 4) is 0 Å². The number of nitrogens with zero attached hydrogens (tertiary/aromatic N) is 2. The Kier molecular flexibility index (Phi) is 3.84. The minimum atomic E-state index is 0.334. The van der Waals surface area contributed by atoms with E-state index in [1.807, 2.05) is 18.2 Å². The third-order valence-corrected chi connectivity index (χ3v) is 4.05. The molecule has 0 aromatic heterocycles. The van der Waals surface area contributed by atoms with Gasteiger partial charge in [0.25, 0.3) is 0 Å². The maximum atomic E-state index is 5.98. The Balaban J connectivity index is 2.40. The van der Waals surface area contributed by atoms with Gasteiger partial charge < -0.3 is 5.73 Å². The van der Waals surface area contributed by atoms with E-state index in [1.165, 1.54) is 0 Å². The molecule has 0 radical (unpaired) electrons. The highest BCUT2D eigenvalue weighted by molar-refractivity contribution is 9.10. The second-order valence-corrected chi connectivity index (χ2v) is 5.28. The molecule has 1 aliphatic heterocycles. The monoisotopic (exact) mass is 313 g/mol. The van der Waals surface area contributed by atoms with Gasteiger partial charge in [0.15, 0.2) is 0 Å². The van der Waals surface area contributed by atoms with Crippen LogP contribution >= 0.6 is 27.5 Å². The van der Waals surface area contributed by atoms with E-state index >= 15 is 0 Å². The Bertz CT molecular complexity index is 497. The largest absolute Gasteiger partial charge is 0.386 e. The lowest BCUT2D eigenvalue weighted by Crippen LogP contribution is -2.26. The zero-order chi connectivity index (χ0) is 12.4. The van der Waals surface area contributed by atoms with E-state index in [1.54, 1.807) is 0 Å². The lowest BCUT2D eigenvalue weighted by molar-refractivity contribution is 0.677. The van der Waals surface area contributed by atoms with Gasteiger partial charge in [0.05, 0.1) is 10.7 Å². The fourth-order valence-electron chi connectivity index (χ4n) is 1.88. The van der Waals surface area contributed by atoms with Gasteiger partial charge in [-0.05, 0) is 40.0 Å². The van der Waals surface area contributed by atoms with Gasteiger partial charge in [-0.25, -0.2) is 0 Å². The first-order valence-electron chi connectivity index (χ1n) is 5.47. The van der Waals surface area contributed by atoms with Gasteiger partial charge in [0, 0.05) is 16.8 Å². The summed E-state index contributed by atoms with van der Waals surface area (Å²) < 4.78 is 0.872. The molecule has 0 fully saturated rings. The molecule has 0 aliphatic carbocycles. The summed E-state index contributed by atoms with van der Waals surface area (Å²) in [5.74, 6) is 0.939. The molecule has 5 heteroatoms. The van der Waals surface area contributed by atoms with E-state index in [0.29, 0.717) is 16.8 Å². The molecule has 1 unspecified atom stereocenters. The fraction of sp³-hybridized carbons (Fsp3) is 0.333. The smallest absolute Gasteiger partial charge is 0.123 e. The molecule has 0 saturated heterocycles. The summed E-state index contributed by atoms with van der Waals surface area (Å²) in [6, 6.07) is 5.80. The molecule has 1 aliphatic rings. The normalized spacial score (nSPS) is 19.8. The average molecular weight is 315 g/mol. The second kappa shape index (κ2) is 5.19. The van der Waals surface area contributed by atoms with Crippen LogP contribution in [0.25, 0.3) is 0 Å². The predicted molar refractivity (Wildman–Crippen MR) is 75.7 cm³/mol. The van der Waals surface area contributed by atoms with Crippen molar-refractivity contribution < 1.29 is 0 Å².